The lowest BCUT2D eigenvalue weighted by molar-refractivity contribution is -0.122. The minimum Gasteiger partial charge on any atom is -0.489 e. The lowest BCUT2D eigenvalue weighted by atomic mass is 10.1. The van der Waals surface area contributed by atoms with E-state index in [2.05, 4.69) is 16.7 Å². The predicted molar refractivity (Wildman–Crippen MR) is 102 cm³/mol. The Morgan fingerprint density at radius 3 is 2.62 bits per heavy atom. The molecule has 1 atom stereocenters. The van der Waals surface area contributed by atoms with E-state index in [4.69, 9.17) is 4.74 Å². The number of hydrogen-bond donors (Lipinski definition) is 2. The maximum Gasteiger partial charge on any atom is 0.252 e. The van der Waals surface area contributed by atoms with Crippen molar-refractivity contribution < 1.29 is 14.3 Å². The molecule has 2 aromatic carbocycles. The van der Waals surface area contributed by atoms with Crippen LogP contribution in [0, 0.1) is 6.92 Å². The Bertz CT molecular complexity index is 758. The summed E-state index contributed by atoms with van der Waals surface area (Å²) in [6, 6.07) is 14.5. The Labute approximate surface area is 154 Å². The zero-order valence-electron chi connectivity index (χ0n) is 15.5. The van der Waals surface area contributed by atoms with Crippen LogP contribution in [-0.2, 0) is 11.4 Å². The second-order valence-corrected chi connectivity index (χ2v) is 6.29. The number of aryl methyl sites for hydroxylation is 1. The number of benzene rings is 2. The van der Waals surface area contributed by atoms with Crippen molar-refractivity contribution in [2.75, 3.05) is 6.54 Å². The van der Waals surface area contributed by atoms with Gasteiger partial charge in [0.2, 0.25) is 5.91 Å². The average molecular weight is 354 g/mol. The zero-order chi connectivity index (χ0) is 18.9. The van der Waals surface area contributed by atoms with Crippen LogP contribution in [0.25, 0.3) is 0 Å². The molecule has 2 aromatic rings. The van der Waals surface area contributed by atoms with E-state index in [1.165, 1.54) is 5.56 Å². The van der Waals surface area contributed by atoms with Crippen LogP contribution in [0.5, 0.6) is 5.75 Å². The molecule has 2 N–H and O–H groups in total. The maximum atomic E-state index is 12.4. The Balaban J connectivity index is 1.95. The smallest absolute Gasteiger partial charge is 0.252 e. The van der Waals surface area contributed by atoms with Crippen molar-refractivity contribution >= 4 is 11.8 Å². The molecule has 0 saturated carbocycles. The maximum absolute atomic E-state index is 12.4. The molecule has 0 radical (unpaired) electrons. The molecule has 2 rings (SSSR count). The van der Waals surface area contributed by atoms with Gasteiger partial charge in [-0.1, -0.05) is 42.8 Å². The number of amides is 2. The summed E-state index contributed by atoms with van der Waals surface area (Å²) in [6.07, 6.45) is 0.854. The fourth-order valence-electron chi connectivity index (χ4n) is 2.44. The number of carbonyl (C=O) groups is 2. The minimum absolute atomic E-state index is 0.188. The van der Waals surface area contributed by atoms with E-state index in [0.717, 1.165) is 12.0 Å². The molecule has 0 spiro atoms. The molecule has 0 fully saturated rings. The predicted octanol–water partition coefficient (Wildman–Crippen LogP) is 3.22. The van der Waals surface area contributed by atoms with E-state index >= 15 is 0 Å². The fourth-order valence-corrected chi connectivity index (χ4v) is 2.44. The Kier molecular flexibility index (Phi) is 7.21. The summed E-state index contributed by atoms with van der Waals surface area (Å²) in [5.74, 6) is 0.124. The van der Waals surface area contributed by atoms with Gasteiger partial charge in [0.15, 0.2) is 0 Å². The lowest BCUT2D eigenvalue weighted by Gasteiger charge is -2.14. The lowest BCUT2D eigenvalue weighted by Crippen LogP contribution is -2.45. The molecule has 1 unspecified atom stereocenters. The van der Waals surface area contributed by atoms with E-state index in [9.17, 15) is 9.59 Å². The number of rotatable bonds is 8. The van der Waals surface area contributed by atoms with Crippen molar-refractivity contribution in [1.29, 1.82) is 0 Å². The summed E-state index contributed by atoms with van der Waals surface area (Å²) in [7, 11) is 0. The largest absolute Gasteiger partial charge is 0.489 e. The molecule has 0 saturated heterocycles. The Hall–Kier alpha value is -2.82. The van der Waals surface area contributed by atoms with Gasteiger partial charge in [-0.3, -0.25) is 9.59 Å². The average Bonchev–Trinajstić information content (AvgIpc) is 2.64. The molecule has 5 nitrogen and oxygen atoms in total. The summed E-state index contributed by atoms with van der Waals surface area (Å²) < 4.78 is 5.78. The normalized spacial score (nSPS) is 11.5. The Morgan fingerprint density at radius 2 is 1.88 bits per heavy atom. The molecule has 0 aliphatic carbocycles. The highest BCUT2D eigenvalue weighted by molar-refractivity contribution is 5.97. The van der Waals surface area contributed by atoms with Gasteiger partial charge in [0.05, 0.1) is 0 Å². The molecule has 0 heterocycles. The molecule has 0 aliphatic rings. The van der Waals surface area contributed by atoms with Crippen LogP contribution in [-0.4, -0.2) is 24.4 Å². The van der Waals surface area contributed by atoms with E-state index in [1.54, 1.807) is 25.1 Å². The van der Waals surface area contributed by atoms with Gasteiger partial charge >= 0.3 is 0 Å². The van der Waals surface area contributed by atoms with Crippen molar-refractivity contribution in [2.45, 2.75) is 39.8 Å². The van der Waals surface area contributed by atoms with Crippen molar-refractivity contribution in [3.63, 3.8) is 0 Å². The highest BCUT2D eigenvalue weighted by Gasteiger charge is 2.16. The molecule has 0 aliphatic heterocycles. The first-order valence-corrected chi connectivity index (χ1v) is 8.86. The minimum atomic E-state index is -0.592. The third kappa shape index (κ3) is 5.92. The number of hydrogen-bond acceptors (Lipinski definition) is 3. The number of ether oxygens (including phenoxy) is 1. The van der Waals surface area contributed by atoms with Crippen LogP contribution < -0.4 is 15.4 Å². The van der Waals surface area contributed by atoms with Crippen LogP contribution in [0.2, 0.25) is 0 Å². The van der Waals surface area contributed by atoms with Crippen LogP contribution in [0.4, 0.5) is 0 Å². The van der Waals surface area contributed by atoms with E-state index < -0.39 is 6.04 Å². The third-order valence-electron chi connectivity index (χ3n) is 3.87. The monoisotopic (exact) mass is 354 g/mol. The zero-order valence-corrected chi connectivity index (χ0v) is 15.5. The van der Waals surface area contributed by atoms with Gasteiger partial charge in [0, 0.05) is 12.1 Å². The second kappa shape index (κ2) is 9.61. The summed E-state index contributed by atoms with van der Waals surface area (Å²) in [5, 5.41) is 5.47. The van der Waals surface area contributed by atoms with Crippen LogP contribution in [0.1, 0.15) is 41.8 Å². The number of carbonyl (C=O) groups excluding carboxylic acids is 2. The summed E-state index contributed by atoms with van der Waals surface area (Å²) in [4.78, 5) is 24.2. The standard InChI is InChI=1S/C21H26N2O3/c1-4-11-22-20(24)16(3)23-21(25)18-9-6-10-19(13-18)26-14-17-8-5-7-15(2)12-17/h5-10,12-13,16H,4,11,14H2,1-3H3,(H,22,24)(H,23,25). The third-order valence-corrected chi connectivity index (χ3v) is 3.87. The number of nitrogens with one attached hydrogen (secondary N) is 2. The van der Waals surface area contributed by atoms with Gasteiger partial charge in [-0.15, -0.1) is 0 Å². The first-order chi connectivity index (χ1) is 12.5. The van der Waals surface area contributed by atoms with Gasteiger partial charge < -0.3 is 15.4 Å². The molecule has 26 heavy (non-hydrogen) atoms. The molecule has 2 amide bonds. The quantitative estimate of drug-likeness (QED) is 0.765. The van der Waals surface area contributed by atoms with Gasteiger partial charge in [-0.2, -0.15) is 0 Å². The van der Waals surface area contributed by atoms with Gasteiger partial charge in [0.25, 0.3) is 5.91 Å². The molecule has 5 heteroatoms. The highest BCUT2D eigenvalue weighted by Crippen LogP contribution is 2.16. The van der Waals surface area contributed by atoms with Crippen LogP contribution >= 0.6 is 0 Å². The highest BCUT2D eigenvalue weighted by atomic mass is 16.5. The van der Waals surface area contributed by atoms with Gasteiger partial charge in [0.1, 0.15) is 18.4 Å². The van der Waals surface area contributed by atoms with Gasteiger partial charge in [-0.25, -0.2) is 0 Å². The molecule has 0 bridgehead atoms. The topological polar surface area (TPSA) is 67.4 Å². The van der Waals surface area contributed by atoms with Crippen molar-refractivity contribution in [2.24, 2.45) is 0 Å². The molecule has 138 valence electrons. The summed E-state index contributed by atoms with van der Waals surface area (Å²) in [6.45, 7) is 6.71. The summed E-state index contributed by atoms with van der Waals surface area (Å²) >= 11 is 0. The van der Waals surface area contributed by atoms with Crippen molar-refractivity contribution in [1.82, 2.24) is 10.6 Å². The van der Waals surface area contributed by atoms with Crippen LogP contribution in [0.3, 0.4) is 0 Å². The first-order valence-electron chi connectivity index (χ1n) is 8.86. The second-order valence-electron chi connectivity index (χ2n) is 6.29. The van der Waals surface area contributed by atoms with E-state index in [-0.39, 0.29) is 11.8 Å². The SMILES string of the molecule is CCCNC(=O)C(C)NC(=O)c1cccc(OCc2cccc(C)c2)c1. The van der Waals surface area contributed by atoms with E-state index in [1.807, 2.05) is 38.1 Å². The van der Waals surface area contributed by atoms with Crippen molar-refractivity contribution in [3.8, 4) is 5.75 Å². The molecule has 0 aromatic heterocycles. The van der Waals surface area contributed by atoms with Gasteiger partial charge in [-0.05, 0) is 44.0 Å². The first kappa shape index (κ1) is 19.5. The molecular formula is C21H26N2O3. The Morgan fingerprint density at radius 1 is 1.12 bits per heavy atom. The van der Waals surface area contributed by atoms with E-state index in [0.29, 0.717) is 24.5 Å². The van der Waals surface area contributed by atoms with Crippen molar-refractivity contribution in [3.05, 3.63) is 65.2 Å². The fraction of sp³-hybridized carbons (Fsp3) is 0.333. The van der Waals surface area contributed by atoms with Crippen LogP contribution in [0.15, 0.2) is 48.5 Å². The molecular weight excluding hydrogens is 328 g/mol. The summed E-state index contributed by atoms with van der Waals surface area (Å²) in [5.41, 5.74) is 2.71.